The number of likely N-dealkylation sites (N-methyl/N-ethyl adjacent to an activating group) is 2. The molecule has 6 heterocycles. The smallest absolute Gasteiger partial charge is 0.330 e. The zero-order valence-corrected chi connectivity index (χ0v) is 56.1. The van der Waals surface area contributed by atoms with Crippen LogP contribution in [0.3, 0.4) is 0 Å². The van der Waals surface area contributed by atoms with Crippen LogP contribution in [0.1, 0.15) is 143 Å². The third-order valence-electron chi connectivity index (χ3n) is 17.2. The van der Waals surface area contributed by atoms with Crippen molar-refractivity contribution in [1.82, 2.24) is 61.3 Å². The van der Waals surface area contributed by atoms with E-state index >= 15 is 0 Å². The van der Waals surface area contributed by atoms with E-state index in [1.165, 1.54) is 41.5 Å². The molecule has 4 saturated heterocycles. The molecule has 0 saturated carbocycles. The summed E-state index contributed by atoms with van der Waals surface area (Å²) in [6.45, 7) is 10.3. The number of nitrogens with zero attached hydrogens (tertiary/aromatic N) is 6. The number of nitrogens with one attached hydrogen (secondary N) is 6. The molecule has 30 nitrogen and oxygen atoms in total. The molecule has 0 aromatic heterocycles. The Kier molecular flexibility index (Phi) is 22.8. The topological polar surface area (TPSA) is 399 Å². The van der Waals surface area contributed by atoms with Crippen molar-refractivity contribution in [1.29, 1.82) is 0 Å². The fraction of sp³-hybridized carbons (Fsp3) is 0.323. The van der Waals surface area contributed by atoms with Gasteiger partial charge in [-0.25, -0.2) is 99.2 Å². The number of urea groups is 4. The standard InChI is InChI=1S/C17H13F4N3O5.C16H15F4N3O4.C15H13F4N3O4.C14H7F4N3O5/c1-3-5-23-15(28)17(4-2,14(27)22-16(23)29)24-12(25)6-7(13(24)26)9(19)11(21)10(20)8(6)18;1-4-16(13(25)21-15(27)23(6(2)3)14(16)26)22-12(24)7-5-8(17)10(19)11(20)9(7)18;1-3-15(12(24)20-14(26)22(4-2)13(15)25)21-11(23)6-5-7(16)9(18)10(19)8(6)17;1-14(11(24)19-13(26)20(2)12(14)25)21-9(22)3-4(10(21)23)6(16)8(18)7(17)5(3)15/h3-5H2,1-2H3,(H,22,27,29);5-6H,4H2,1-3H3,(H,22,24)(H,21,25,27);5H,3-4H2,1-2H3,(H,21,23)(H,20,24,26);1-2H3,(H,19,24,26). The normalized spacial score (nSPS) is 21.3. The molecule has 46 heteroatoms. The molecule has 10 rings (SSSR count). The first kappa shape index (κ1) is 82.7. The lowest BCUT2D eigenvalue weighted by Gasteiger charge is -2.42. The van der Waals surface area contributed by atoms with Gasteiger partial charge in [0.05, 0.1) is 33.4 Å². The second-order valence-corrected chi connectivity index (χ2v) is 23.5. The van der Waals surface area contributed by atoms with Crippen molar-refractivity contribution in [3.63, 3.8) is 0 Å². The summed E-state index contributed by atoms with van der Waals surface area (Å²) in [5, 5.41) is 11.1. The van der Waals surface area contributed by atoms with E-state index in [1.807, 2.05) is 26.6 Å². The minimum atomic E-state index is -2.71. The second kappa shape index (κ2) is 29.8. The predicted molar refractivity (Wildman–Crippen MR) is 317 cm³/mol. The van der Waals surface area contributed by atoms with Crippen molar-refractivity contribution in [2.75, 3.05) is 20.1 Å². The molecule has 6 aliphatic rings. The summed E-state index contributed by atoms with van der Waals surface area (Å²) < 4.78 is 217. The maximum atomic E-state index is 14.2. The van der Waals surface area contributed by atoms with Crippen molar-refractivity contribution >= 4 is 107 Å². The van der Waals surface area contributed by atoms with Crippen molar-refractivity contribution in [2.24, 2.45) is 0 Å². The minimum absolute atomic E-state index is 0.0462. The van der Waals surface area contributed by atoms with E-state index < -0.39 is 268 Å². The van der Waals surface area contributed by atoms with Crippen LogP contribution in [0.5, 0.6) is 0 Å². The van der Waals surface area contributed by atoms with E-state index in [1.54, 1.807) is 12.2 Å². The zero-order valence-electron chi connectivity index (χ0n) is 56.1. The number of fused-ring (bicyclic) bond motifs is 2. The lowest BCUT2D eigenvalue weighted by molar-refractivity contribution is -0.152. The molecule has 0 bridgehead atoms. The molecule has 108 heavy (non-hydrogen) atoms. The highest BCUT2D eigenvalue weighted by molar-refractivity contribution is 6.33. The van der Waals surface area contributed by atoms with E-state index in [2.05, 4.69) is 0 Å². The lowest BCUT2D eigenvalue weighted by Crippen LogP contribution is -2.74. The Morgan fingerprint density at radius 1 is 0.398 bits per heavy atom. The summed E-state index contributed by atoms with van der Waals surface area (Å²) in [7, 11) is 0.918. The van der Waals surface area contributed by atoms with Gasteiger partial charge in [0.15, 0.2) is 104 Å². The molecule has 0 aliphatic carbocycles. The molecule has 576 valence electrons. The van der Waals surface area contributed by atoms with Gasteiger partial charge in [0.1, 0.15) is 0 Å². The predicted octanol–water partition coefficient (Wildman–Crippen LogP) is 4.61. The number of hydrogen-bond acceptors (Lipinski definition) is 18. The minimum Gasteiger partial charge on any atom is -0.330 e. The van der Waals surface area contributed by atoms with Crippen LogP contribution in [0.4, 0.5) is 89.4 Å². The molecule has 4 unspecified atom stereocenters. The summed E-state index contributed by atoms with van der Waals surface area (Å²) in [5.41, 5.74) is -18.2. The highest BCUT2D eigenvalue weighted by Gasteiger charge is 2.65. The molecule has 22 amide bonds. The Morgan fingerprint density at radius 2 is 0.741 bits per heavy atom. The van der Waals surface area contributed by atoms with Crippen LogP contribution < -0.4 is 31.9 Å². The molecular formula is C62H48F16N12O18. The Bertz CT molecular complexity index is 4740. The SMILES string of the molecule is CCC1(NC(=O)c2cc(F)c(F)c(F)c2F)C(=O)NC(=O)N(C(C)C)C1=O.CCCN1C(=O)NC(=O)C(CC)(N2C(=O)c3c(F)c(F)c(F)c(F)c3C2=O)C1=O.CCN1C(=O)NC(=O)C(CC)(NC(=O)c2cc(F)c(F)c(F)c2F)C1=O.CN1C(=O)NC(=O)C(C)(N2C(=O)c3c(F)c(F)c(F)c(F)c3C2=O)C1=O. The Balaban J connectivity index is 0.000000201. The number of imide groups is 10. The summed E-state index contributed by atoms with van der Waals surface area (Å²) in [6, 6.07) is -4.77. The van der Waals surface area contributed by atoms with Gasteiger partial charge in [0.2, 0.25) is 11.1 Å². The van der Waals surface area contributed by atoms with Gasteiger partial charge in [0.25, 0.3) is 82.7 Å². The van der Waals surface area contributed by atoms with Crippen LogP contribution in [0.15, 0.2) is 12.1 Å². The molecule has 0 radical (unpaired) electrons. The fourth-order valence-electron chi connectivity index (χ4n) is 11.4. The average molecular weight is 1550 g/mol. The average Bonchev–Trinajstić information content (AvgIpc) is 1.54. The number of barbiturate groups is 4. The molecule has 4 aromatic carbocycles. The molecular weight excluding hydrogens is 1500 g/mol. The molecule has 4 atom stereocenters. The van der Waals surface area contributed by atoms with Gasteiger partial charge >= 0.3 is 24.1 Å². The van der Waals surface area contributed by atoms with Gasteiger partial charge in [-0.1, -0.05) is 27.7 Å². The molecule has 4 aromatic rings. The highest BCUT2D eigenvalue weighted by atomic mass is 19.2. The van der Waals surface area contributed by atoms with Gasteiger partial charge < -0.3 is 10.6 Å². The number of rotatable bonds is 13. The number of hydrogen-bond donors (Lipinski definition) is 6. The maximum Gasteiger partial charge on any atom is 0.331 e. The second-order valence-electron chi connectivity index (χ2n) is 23.5. The quantitative estimate of drug-likeness (QED) is 0.0350. The van der Waals surface area contributed by atoms with Gasteiger partial charge in [-0.3, -0.25) is 108 Å². The van der Waals surface area contributed by atoms with Gasteiger partial charge in [-0.05, 0) is 65.5 Å². The third-order valence-corrected chi connectivity index (χ3v) is 17.2. The van der Waals surface area contributed by atoms with Crippen LogP contribution in [0.25, 0.3) is 0 Å². The van der Waals surface area contributed by atoms with Crippen molar-refractivity contribution in [3.8, 4) is 0 Å². The van der Waals surface area contributed by atoms with Crippen molar-refractivity contribution in [3.05, 3.63) is 139 Å². The van der Waals surface area contributed by atoms with Crippen LogP contribution in [0.2, 0.25) is 0 Å². The van der Waals surface area contributed by atoms with E-state index in [0.717, 1.165) is 14.0 Å². The Hall–Kier alpha value is -12.6. The van der Waals surface area contributed by atoms with E-state index in [4.69, 9.17) is 0 Å². The number of carbonyl (C=O) groups excluding carboxylic acids is 18. The van der Waals surface area contributed by atoms with Gasteiger partial charge in [-0.15, -0.1) is 0 Å². The Morgan fingerprint density at radius 3 is 1.10 bits per heavy atom. The van der Waals surface area contributed by atoms with E-state index in [-0.39, 0.29) is 54.3 Å². The van der Waals surface area contributed by atoms with E-state index in [0.29, 0.717) is 19.6 Å². The van der Waals surface area contributed by atoms with E-state index in [9.17, 15) is 157 Å². The molecule has 0 spiro atoms. The first-order valence-corrected chi connectivity index (χ1v) is 30.6. The van der Waals surface area contributed by atoms with Gasteiger partial charge in [-0.2, -0.15) is 0 Å². The lowest BCUT2D eigenvalue weighted by atomic mass is 9.88. The number of amides is 22. The summed E-state index contributed by atoms with van der Waals surface area (Å²) in [4.78, 5) is 224. The number of carbonyl (C=O) groups is 18. The summed E-state index contributed by atoms with van der Waals surface area (Å²) in [6.07, 6.45) is -1.01. The van der Waals surface area contributed by atoms with Crippen LogP contribution in [0, 0.1) is 93.1 Å². The van der Waals surface area contributed by atoms with Crippen molar-refractivity contribution < 1.29 is 157 Å². The molecule has 6 N–H and O–H groups in total. The van der Waals surface area contributed by atoms with Crippen LogP contribution in [-0.2, 0) is 38.4 Å². The maximum absolute atomic E-state index is 14.2. The summed E-state index contributed by atoms with van der Waals surface area (Å²) >= 11 is 0. The summed E-state index contributed by atoms with van der Waals surface area (Å²) in [5.74, 6) is -54.0. The third kappa shape index (κ3) is 12.6. The Labute approximate surface area is 591 Å². The van der Waals surface area contributed by atoms with Gasteiger partial charge in [0, 0.05) is 26.2 Å². The monoisotopic (exact) mass is 1550 g/mol. The molecule has 6 aliphatic heterocycles. The number of halogens is 16. The van der Waals surface area contributed by atoms with Crippen LogP contribution >= 0.6 is 0 Å². The van der Waals surface area contributed by atoms with Crippen LogP contribution in [-0.4, -0.2) is 185 Å². The highest BCUT2D eigenvalue weighted by Crippen LogP contribution is 2.41. The number of benzene rings is 4. The largest absolute Gasteiger partial charge is 0.331 e. The zero-order chi connectivity index (χ0) is 82.0. The fourth-order valence-corrected chi connectivity index (χ4v) is 11.4. The molecule has 4 fully saturated rings. The first-order chi connectivity index (χ1) is 50.1. The van der Waals surface area contributed by atoms with Crippen molar-refractivity contribution in [2.45, 2.75) is 109 Å². The first-order valence-electron chi connectivity index (χ1n) is 30.6.